The van der Waals surface area contributed by atoms with E-state index < -0.39 is 0 Å². The van der Waals surface area contributed by atoms with Crippen LogP contribution < -0.4 is 4.73 Å². The van der Waals surface area contributed by atoms with Crippen molar-refractivity contribution in [3.05, 3.63) is 70.1 Å². The van der Waals surface area contributed by atoms with Gasteiger partial charge in [0.1, 0.15) is 5.56 Å². The Balaban J connectivity index is 2.46. The second-order valence-corrected chi connectivity index (χ2v) is 3.59. The number of carbonyl (C=O) groups is 1. The lowest BCUT2D eigenvalue weighted by Gasteiger charge is -2.03. The lowest BCUT2D eigenvalue weighted by Crippen LogP contribution is -2.28. The summed E-state index contributed by atoms with van der Waals surface area (Å²) in [5.74, 6) is -0.254. The molecule has 0 saturated heterocycles. The molecule has 0 unspecified atom stereocenters. The Labute approximate surface area is 97.5 Å². The molecule has 0 bridgehead atoms. The van der Waals surface area contributed by atoms with E-state index in [-0.39, 0.29) is 16.5 Å². The first-order chi connectivity index (χ1) is 7.70. The maximum absolute atomic E-state index is 12.0. The van der Waals surface area contributed by atoms with Crippen LogP contribution in [-0.4, -0.2) is 5.78 Å². The molecule has 16 heavy (non-hydrogen) atoms. The molecule has 80 valence electrons. The smallest absolute Gasteiger partial charge is 0.297 e. The van der Waals surface area contributed by atoms with E-state index in [9.17, 15) is 10.0 Å². The van der Waals surface area contributed by atoms with E-state index in [0.717, 1.165) is 0 Å². The van der Waals surface area contributed by atoms with Crippen LogP contribution in [0, 0.1) is 5.21 Å². The van der Waals surface area contributed by atoms with Crippen LogP contribution in [0.3, 0.4) is 0 Å². The third-order valence-corrected chi connectivity index (χ3v) is 2.55. The van der Waals surface area contributed by atoms with Crippen molar-refractivity contribution < 1.29 is 9.52 Å². The Morgan fingerprint density at radius 1 is 1.12 bits per heavy atom. The van der Waals surface area contributed by atoms with Gasteiger partial charge in [-0.3, -0.25) is 4.79 Å². The number of carbonyl (C=O) groups excluding carboxylic acids is 1. The predicted octanol–water partition coefficient (Wildman–Crippen LogP) is 2.20. The first kappa shape index (κ1) is 10.6. The van der Waals surface area contributed by atoms with Gasteiger partial charge in [-0.25, -0.2) is 0 Å². The minimum Gasteiger partial charge on any atom is -0.618 e. The van der Waals surface area contributed by atoms with E-state index in [1.54, 1.807) is 24.3 Å². The highest BCUT2D eigenvalue weighted by molar-refractivity contribution is 6.32. The number of nitrogens with zero attached hydrogens (tertiary/aromatic N) is 1. The van der Waals surface area contributed by atoms with Crippen molar-refractivity contribution in [2.24, 2.45) is 0 Å². The zero-order chi connectivity index (χ0) is 11.5. The molecule has 0 spiro atoms. The van der Waals surface area contributed by atoms with Gasteiger partial charge in [-0.1, -0.05) is 30.3 Å². The summed E-state index contributed by atoms with van der Waals surface area (Å²) in [5, 5.41) is 11.1. The van der Waals surface area contributed by atoms with Crippen LogP contribution in [0.5, 0.6) is 0 Å². The highest BCUT2D eigenvalue weighted by Crippen LogP contribution is 2.15. The van der Waals surface area contributed by atoms with Crippen LogP contribution in [0.4, 0.5) is 0 Å². The third-order valence-electron chi connectivity index (χ3n) is 2.18. The number of aromatic nitrogens is 1. The van der Waals surface area contributed by atoms with Crippen LogP contribution in [0.25, 0.3) is 0 Å². The largest absolute Gasteiger partial charge is 0.618 e. The molecule has 2 rings (SSSR count). The monoisotopic (exact) mass is 233 g/mol. The summed E-state index contributed by atoms with van der Waals surface area (Å²) in [7, 11) is 0. The Kier molecular flexibility index (Phi) is 2.88. The minimum atomic E-state index is -0.254. The first-order valence-electron chi connectivity index (χ1n) is 4.67. The first-order valence-corrected chi connectivity index (χ1v) is 5.05. The van der Waals surface area contributed by atoms with Crippen LogP contribution in [0.15, 0.2) is 48.7 Å². The Morgan fingerprint density at radius 2 is 1.81 bits per heavy atom. The SMILES string of the molecule is O=C(c1ccccc1)c1ccc[n+]([O-])c1Cl. The maximum Gasteiger partial charge on any atom is 0.297 e. The molecule has 0 amide bonds. The lowest BCUT2D eigenvalue weighted by molar-refractivity contribution is -0.603. The number of hydrogen-bond donors (Lipinski definition) is 0. The summed E-state index contributed by atoms with van der Waals surface area (Å²) in [4.78, 5) is 12.0. The number of rotatable bonds is 2. The molecule has 4 heteroatoms. The van der Waals surface area contributed by atoms with Crippen molar-refractivity contribution in [3.63, 3.8) is 0 Å². The van der Waals surface area contributed by atoms with Gasteiger partial charge in [0.25, 0.3) is 5.15 Å². The van der Waals surface area contributed by atoms with Gasteiger partial charge >= 0.3 is 0 Å². The van der Waals surface area contributed by atoms with Gasteiger partial charge in [0.2, 0.25) is 5.78 Å². The molecule has 0 N–H and O–H groups in total. The van der Waals surface area contributed by atoms with Gasteiger partial charge in [0.05, 0.1) is 0 Å². The van der Waals surface area contributed by atoms with E-state index in [2.05, 4.69) is 0 Å². The summed E-state index contributed by atoms with van der Waals surface area (Å²) in [6.45, 7) is 0. The van der Waals surface area contributed by atoms with E-state index in [4.69, 9.17) is 11.6 Å². The summed E-state index contributed by atoms with van der Waals surface area (Å²) in [5.41, 5.74) is 0.723. The predicted molar refractivity (Wildman–Crippen MR) is 60.3 cm³/mol. The fourth-order valence-corrected chi connectivity index (χ4v) is 1.59. The van der Waals surface area contributed by atoms with Crippen molar-refractivity contribution in [2.75, 3.05) is 0 Å². The van der Waals surface area contributed by atoms with E-state index in [1.807, 2.05) is 6.07 Å². The molecule has 0 fully saturated rings. The van der Waals surface area contributed by atoms with Gasteiger partial charge < -0.3 is 5.21 Å². The van der Waals surface area contributed by atoms with E-state index in [1.165, 1.54) is 18.3 Å². The van der Waals surface area contributed by atoms with Crippen molar-refractivity contribution in [3.8, 4) is 0 Å². The Morgan fingerprint density at radius 3 is 2.50 bits per heavy atom. The van der Waals surface area contributed by atoms with Crippen LogP contribution in [0.2, 0.25) is 5.15 Å². The quantitative estimate of drug-likeness (QED) is 0.346. The van der Waals surface area contributed by atoms with Crippen molar-refractivity contribution in [1.29, 1.82) is 0 Å². The average molecular weight is 234 g/mol. The van der Waals surface area contributed by atoms with Gasteiger partial charge in [-0.15, -0.1) is 0 Å². The summed E-state index contributed by atoms with van der Waals surface area (Å²) < 4.78 is 0.470. The average Bonchev–Trinajstić information content (AvgIpc) is 2.33. The number of hydrogen-bond acceptors (Lipinski definition) is 2. The minimum absolute atomic E-state index is 0.101. The molecule has 0 aliphatic rings. The van der Waals surface area contributed by atoms with Gasteiger partial charge in [0, 0.05) is 11.6 Å². The molecular weight excluding hydrogens is 226 g/mol. The lowest BCUT2D eigenvalue weighted by atomic mass is 10.1. The van der Waals surface area contributed by atoms with Crippen LogP contribution in [-0.2, 0) is 0 Å². The molecule has 0 radical (unpaired) electrons. The normalized spacial score (nSPS) is 10.1. The summed E-state index contributed by atoms with van der Waals surface area (Å²) >= 11 is 5.77. The maximum atomic E-state index is 12.0. The van der Waals surface area contributed by atoms with Gasteiger partial charge in [-0.05, 0) is 17.7 Å². The van der Waals surface area contributed by atoms with Gasteiger partial charge in [-0.2, -0.15) is 4.73 Å². The molecule has 1 heterocycles. The number of halogens is 1. The third kappa shape index (κ3) is 1.90. The van der Waals surface area contributed by atoms with E-state index >= 15 is 0 Å². The van der Waals surface area contributed by atoms with Crippen molar-refractivity contribution in [2.45, 2.75) is 0 Å². The standard InChI is InChI=1S/C12H8ClNO2/c13-12-10(7-4-8-14(12)16)11(15)9-5-2-1-3-6-9/h1-8H. The zero-order valence-electron chi connectivity index (χ0n) is 8.26. The van der Waals surface area contributed by atoms with Crippen molar-refractivity contribution >= 4 is 17.4 Å². The number of benzene rings is 1. The molecule has 1 aromatic heterocycles. The van der Waals surface area contributed by atoms with Crippen LogP contribution in [0.1, 0.15) is 15.9 Å². The fourth-order valence-electron chi connectivity index (χ4n) is 1.38. The van der Waals surface area contributed by atoms with Gasteiger partial charge in [0.15, 0.2) is 6.20 Å². The molecule has 2 aromatic rings. The molecule has 0 aliphatic heterocycles. The van der Waals surface area contributed by atoms with Crippen LogP contribution >= 0.6 is 11.6 Å². The highest BCUT2D eigenvalue weighted by atomic mass is 35.5. The molecule has 0 saturated carbocycles. The zero-order valence-corrected chi connectivity index (χ0v) is 9.02. The second kappa shape index (κ2) is 4.33. The summed E-state index contributed by atoms with van der Waals surface area (Å²) in [6, 6.07) is 11.7. The molecular formula is C12H8ClNO2. The molecule has 3 nitrogen and oxygen atoms in total. The molecule has 0 aliphatic carbocycles. The number of pyridine rings is 1. The molecule has 1 aromatic carbocycles. The van der Waals surface area contributed by atoms with E-state index in [0.29, 0.717) is 10.3 Å². The Hall–Kier alpha value is -1.87. The summed E-state index contributed by atoms with van der Waals surface area (Å²) in [6.07, 6.45) is 1.25. The topological polar surface area (TPSA) is 44.0 Å². The fraction of sp³-hybridized carbons (Fsp3) is 0. The highest BCUT2D eigenvalue weighted by Gasteiger charge is 2.17. The second-order valence-electron chi connectivity index (χ2n) is 3.23. The van der Waals surface area contributed by atoms with Crippen molar-refractivity contribution in [1.82, 2.24) is 0 Å². The Bertz CT molecular complexity index is 526. The molecule has 0 atom stereocenters. The number of ketones is 1.